The Hall–Kier alpha value is -1.71. The molecule has 19 heavy (non-hydrogen) atoms. The minimum atomic E-state index is -0.0444. The SMILES string of the molecule is CNC(=O)c1ccc(N)cc1N1CCCCCCC1. The molecule has 1 aliphatic rings. The maximum atomic E-state index is 12.0. The summed E-state index contributed by atoms with van der Waals surface area (Å²) < 4.78 is 0. The van der Waals surface area contributed by atoms with Gasteiger partial charge in [0.1, 0.15) is 0 Å². The van der Waals surface area contributed by atoms with Crippen LogP contribution in [-0.4, -0.2) is 26.0 Å². The van der Waals surface area contributed by atoms with Crippen molar-refractivity contribution in [2.24, 2.45) is 0 Å². The second kappa shape index (κ2) is 6.45. The predicted molar refractivity (Wildman–Crippen MR) is 79.5 cm³/mol. The van der Waals surface area contributed by atoms with Gasteiger partial charge in [-0.15, -0.1) is 0 Å². The molecule has 4 heteroatoms. The van der Waals surface area contributed by atoms with Gasteiger partial charge in [-0.1, -0.05) is 19.3 Å². The van der Waals surface area contributed by atoms with E-state index in [2.05, 4.69) is 10.2 Å². The fourth-order valence-electron chi connectivity index (χ4n) is 2.63. The third-order valence-corrected chi connectivity index (χ3v) is 3.69. The van der Waals surface area contributed by atoms with Crippen molar-refractivity contribution >= 4 is 17.3 Å². The van der Waals surface area contributed by atoms with Crippen LogP contribution in [0.5, 0.6) is 0 Å². The standard InChI is InChI=1S/C15H23N3O/c1-17-15(19)13-8-7-12(16)11-14(13)18-9-5-3-2-4-6-10-18/h7-8,11H,2-6,9-10,16H2,1H3,(H,17,19). The molecule has 1 fully saturated rings. The summed E-state index contributed by atoms with van der Waals surface area (Å²) in [5.41, 5.74) is 8.29. The number of nitrogens with zero attached hydrogens (tertiary/aromatic N) is 1. The van der Waals surface area contributed by atoms with Gasteiger partial charge in [0, 0.05) is 25.8 Å². The van der Waals surface area contributed by atoms with Gasteiger partial charge in [0.25, 0.3) is 5.91 Å². The van der Waals surface area contributed by atoms with E-state index >= 15 is 0 Å². The van der Waals surface area contributed by atoms with Crippen LogP contribution in [0.4, 0.5) is 11.4 Å². The molecular formula is C15H23N3O. The normalized spacial score (nSPS) is 16.6. The summed E-state index contributed by atoms with van der Waals surface area (Å²) in [5, 5.41) is 2.70. The zero-order chi connectivity index (χ0) is 13.7. The fourth-order valence-corrected chi connectivity index (χ4v) is 2.63. The average molecular weight is 261 g/mol. The van der Waals surface area contributed by atoms with Crippen LogP contribution in [0.25, 0.3) is 0 Å². The number of carbonyl (C=O) groups is 1. The Bertz CT molecular complexity index is 437. The molecule has 0 saturated carbocycles. The molecule has 0 atom stereocenters. The lowest BCUT2D eigenvalue weighted by atomic mass is 10.1. The summed E-state index contributed by atoms with van der Waals surface area (Å²) in [6, 6.07) is 5.53. The van der Waals surface area contributed by atoms with Crippen LogP contribution in [0.1, 0.15) is 42.5 Å². The van der Waals surface area contributed by atoms with Gasteiger partial charge in [-0.3, -0.25) is 4.79 Å². The summed E-state index contributed by atoms with van der Waals surface area (Å²) in [6.07, 6.45) is 6.24. The van der Waals surface area contributed by atoms with Gasteiger partial charge in [-0.25, -0.2) is 0 Å². The Morgan fingerprint density at radius 1 is 1.16 bits per heavy atom. The van der Waals surface area contributed by atoms with Crippen molar-refractivity contribution in [1.29, 1.82) is 0 Å². The number of nitrogen functional groups attached to an aromatic ring is 1. The molecule has 0 aliphatic carbocycles. The number of hydrogen-bond donors (Lipinski definition) is 2. The van der Waals surface area contributed by atoms with Crippen LogP contribution in [0.3, 0.4) is 0 Å². The second-order valence-corrected chi connectivity index (χ2v) is 5.11. The molecule has 0 spiro atoms. The number of rotatable bonds is 2. The van der Waals surface area contributed by atoms with Gasteiger partial charge < -0.3 is 16.0 Å². The smallest absolute Gasteiger partial charge is 0.253 e. The molecule has 1 aromatic carbocycles. The molecule has 3 N–H and O–H groups in total. The first kappa shape index (κ1) is 13.7. The number of nitrogens with two attached hydrogens (primary N) is 1. The first-order valence-corrected chi connectivity index (χ1v) is 7.09. The molecule has 104 valence electrons. The molecule has 1 amide bonds. The number of anilines is 2. The molecule has 0 aromatic heterocycles. The summed E-state index contributed by atoms with van der Waals surface area (Å²) >= 11 is 0. The summed E-state index contributed by atoms with van der Waals surface area (Å²) in [4.78, 5) is 14.3. The van der Waals surface area contributed by atoms with Crippen molar-refractivity contribution in [2.75, 3.05) is 30.8 Å². The molecule has 1 heterocycles. The van der Waals surface area contributed by atoms with Crippen molar-refractivity contribution < 1.29 is 4.79 Å². The van der Waals surface area contributed by atoms with Crippen LogP contribution in [-0.2, 0) is 0 Å². The Morgan fingerprint density at radius 2 is 1.79 bits per heavy atom. The zero-order valence-corrected chi connectivity index (χ0v) is 11.6. The summed E-state index contributed by atoms with van der Waals surface area (Å²) in [5.74, 6) is -0.0444. The highest BCUT2D eigenvalue weighted by atomic mass is 16.1. The molecule has 0 radical (unpaired) electrons. The highest BCUT2D eigenvalue weighted by Gasteiger charge is 2.17. The van der Waals surface area contributed by atoms with Crippen LogP contribution in [0.2, 0.25) is 0 Å². The van der Waals surface area contributed by atoms with Crippen molar-refractivity contribution in [3.05, 3.63) is 23.8 Å². The molecular weight excluding hydrogens is 238 g/mol. The Morgan fingerprint density at radius 3 is 2.42 bits per heavy atom. The molecule has 0 unspecified atom stereocenters. The highest BCUT2D eigenvalue weighted by Crippen LogP contribution is 2.26. The number of hydrogen-bond acceptors (Lipinski definition) is 3. The topological polar surface area (TPSA) is 58.4 Å². The van der Waals surface area contributed by atoms with E-state index in [1.165, 1.54) is 32.1 Å². The van der Waals surface area contributed by atoms with Crippen LogP contribution >= 0.6 is 0 Å². The first-order valence-electron chi connectivity index (χ1n) is 7.09. The quantitative estimate of drug-likeness (QED) is 0.804. The molecule has 2 rings (SSSR count). The van der Waals surface area contributed by atoms with Crippen molar-refractivity contribution in [2.45, 2.75) is 32.1 Å². The van der Waals surface area contributed by atoms with Crippen molar-refractivity contribution in [3.63, 3.8) is 0 Å². The molecule has 1 saturated heterocycles. The van der Waals surface area contributed by atoms with E-state index in [1.54, 1.807) is 13.1 Å². The minimum Gasteiger partial charge on any atom is -0.399 e. The number of benzene rings is 1. The minimum absolute atomic E-state index is 0.0444. The van der Waals surface area contributed by atoms with Gasteiger partial charge in [0.15, 0.2) is 0 Å². The van der Waals surface area contributed by atoms with E-state index in [-0.39, 0.29) is 5.91 Å². The zero-order valence-electron chi connectivity index (χ0n) is 11.6. The monoisotopic (exact) mass is 261 g/mol. The number of nitrogens with one attached hydrogen (secondary N) is 1. The fraction of sp³-hybridized carbons (Fsp3) is 0.533. The molecule has 4 nitrogen and oxygen atoms in total. The lowest BCUT2D eigenvalue weighted by Crippen LogP contribution is -2.30. The van der Waals surface area contributed by atoms with Gasteiger partial charge >= 0.3 is 0 Å². The lowest BCUT2D eigenvalue weighted by molar-refractivity contribution is 0.0963. The number of amides is 1. The summed E-state index contributed by atoms with van der Waals surface area (Å²) in [7, 11) is 1.66. The van der Waals surface area contributed by atoms with E-state index in [0.717, 1.165) is 24.3 Å². The van der Waals surface area contributed by atoms with Crippen molar-refractivity contribution in [3.8, 4) is 0 Å². The summed E-state index contributed by atoms with van der Waals surface area (Å²) in [6.45, 7) is 2.01. The average Bonchev–Trinajstić information content (AvgIpc) is 2.37. The second-order valence-electron chi connectivity index (χ2n) is 5.11. The maximum absolute atomic E-state index is 12.0. The van der Waals surface area contributed by atoms with Gasteiger partial charge in [-0.05, 0) is 31.0 Å². The van der Waals surface area contributed by atoms with E-state index in [1.807, 2.05) is 12.1 Å². The molecule has 1 aliphatic heterocycles. The largest absolute Gasteiger partial charge is 0.399 e. The van der Waals surface area contributed by atoms with Crippen LogP contribution < -0.4 is 16.0 Å². The molecule has 1 aromatic rings. The van der Waals surface area contributed by atoms with Crippen LogP contribution in [0.15, 0.2) is 18.2 Å². The first-order chi connectivity index (χ1) is 9.22. The van der Waals surface area contributed by atoms with E-state index in [4.69, 9.17) is 5.73 Å². The van der Waals surface area contributed by atoms with E-state index in [0.29, 0.717) is 5.69 Å². The van der Waals surface area contributed by atoms with Gasteiger partial charge in [-0.2, -0.15) is 0 Å². The van der Waals surface area contributed by atoms with E-state index in [9.17, 15) is 4.79 Å². The van der Waals surface area contributed by atoms with Gasteiger partial charge in [0.2, 0.25) is 0 Å². The van der Waals surface area contributed by atoms with Gasteiger partial charge in [0.05, 0.1) is 11.3 Å². The van der Waals surface area contributed by atoms with Crippen molar-refractivity contribution in [1.82, 2.24) is 5.32 Å². The highest BCUT2D eigenvalue weighted by molar-refractivity contribution is 6.00. The Labute approximate surface area is 115 Å². The third-order valence-electron chi connectivity index (χ3n) is 3.69. The lowest BCUT2D eigenvalue weighted by Gasteiger charge is -2.28. The predicted octanol–water partition coefficient (Wildman–Crippen LogP) is 2.40. The van der Waals surface area contributed by atoms with E-state index < -0.39 is 0 Å². The maximum Gasteiger partial charge on any atom is 0.253 e. The number of carbonyl (C=O) groups excluding carboxylic acids is 1. The third kappa shape index (κ3) is 3.40. The molecule has 0 bridgehead atoms. The Kier molecular flexibility index (Phi) is 4.66. The van der Waals surface area contributed by atoms with Crippen LogP contribution in [0, 0.1) is 0 Å². The Balaban J connectivity index is 2.29.